The number of hydrogen-bond donors (Lipinski definition) is 2. The zero-order valence-corrected chi connectivity index (χ0v) is 13.9. The summed E-state index contributed by atoms with van der Waals surface area (Å²) in [6.07, 6.45) is 1.17. The van der Waals surface area contributed by atoms with Gasteiger partial charge in [0.15, 0.2) is 0 Å². The third kappa shape index (κ3) is 4.10. The highest BCUT2D eigenvalue weighted by atomic mass is 19.1. The Morgan fingerprint density at radius 3 is 2.84 bits per heavy atom. The van der Waals surface area contributed by atoms with Crippen LogP contribution in [0.15, 0.2) is 53.5 Å². The summed E-state index contributed by atoms with van der Waals surface area (Å²) in [5.74, 6) is -0.387. The molecule has 0 radical (unpaired) electrons. The van der Waals surface area contributed by atoms with Gasteiger partial charge in [-0.2, -0.15) is 0 Å². The molecule has 0 aliphatic heterocycles. The molecule has 3 aromatic rings. The Morgan fingerprint density at radius 1 is 1.28 bits per heavy atom. The van der Waals surface area contributed by atoms with Crippen LogP contribution in [-0.2, 0) is 13.1 Å². The molecule has 0 aliphatic rings. The first kappa shape index (κ1) is 17.3. The summed E-state index contributed by atoms with van der Waals surface area (Å²) in [7, 11) is 0. The van der Waals surface area contributed by atoms with E-state index < -0.39 is 6.10 Å². The Kier molecular flexibility index (Phi) is 5.21. The first-order valence-corrected chi connectivity index (χ1v) is 8.15. The van der Waals surface area contributed by atoms with E-state index in [1.54, 1.807) is 35.9 Å². The van der Waals surface area contributed by atoms with E-state index in [2.05, 4.69) is 10.3 Å². The van der Waals surface area contributed by atoms with Crippen molar-refractivity contribution < 1.29 is 9.50 Å². The number of fused-ring (bicyclic) bond motifs is 1. The van der Waals surface area contributed by atoms with Gasteiger partial charge in [-0.3, -0.25) is 9.78 Å². The molecule has 2 heterocycles. The Hall–Kier alpha value is -2.57. The molecule has 3 rings (SSSR count). The van der Waals surface area contributed by atoms with Crippen molar-refractivity contribution in [3.05, 3.63) is 76.1 Å². The van der Waals surface area contributed by atoms with Crippen LogP contribution in [0.3, 0.4) is 0 Å². The van der Waals surface area contributed by atoms with Gasteiger partial charge in [-0.05, 0) is 48.7 Å². The SMILES string of the molecule is CC(O)CNCc1cc2ccc(F)cc2n(Cc2ccccn2)c1=O. The molecule has 0 fully saturated rings. The number of aliphatic hydroxyl groups is 1. The van der Waals surface area contributed by atoms with Gasteiger partial charge in [-0.15, -0.1) is 0 Å². The van der Waals surface area contributed by atoms with E-state index in [1.165, 1.54) is 12.1 Å². The topological polar surface area (TPSA) is 67.2 Å². The van der Waals surface area contributed by atoms with Gasteiger partial charge in [0.1, 0.15) is 5.82 Å². The standard InChI is InChI=1S/C19H20FN3O2/c1-13(24)10-21-11-15-8-14-5-6-16(20)9-18(14)23(19(15)25)12-17-4-2-3-7-22-17/h2-9,13,21,24H,10-12H2,1H3. The molecule has 25 heavy (non-hydrogen) atoms. The number of benzene rings is 1. The van der Waals surface area contributed by atoms with E-state index in [-0.39, 0.29) is 17.9 Å². The van der Waals surface area contributed by atoms with Crippen LogP contribution in [0.2, 0.25) is 0 Å². The van der Waals surface area contributed by atoms with Crippen molar-refractivity contribution in [2.45, 2.75) is 26.1 Å². The molecule has 5 nitrogen and oxygen atoms in total. The Balaban J connectivity index is 2.05. The van der Waals surface area contributed by atoms with E-state index in [9.17, 15) is 14.3 Å². The summed E-state index contributed by atoms with van der Waals surface area (Å²) in [6.45, 7) is 2.67. The van der Waals surface area contributed by atoms with E-state index in [0.717, 1.165) is 11.1 Å². The highest BCUT2D eigenvalue weighted by Crippen LogP contribution is 2.16. The van der Waals surface area contributed by atoms with Crippen LogP contribution in [0.4, 0.5) is 4.39 Å². The van der Waals surface area contributed by atoms with Crippen LogP contribution in [0.25, 0.3) is 10.9 Å². The minimum atomic E-state index is -0.495. The lowest BCUT2D eigenvalue weighted by Gasteiger charge is -2.14. The van der Waals surface area contributed by atoms with Crippen LogP contribution in [-0.4, -0.2) is 27.3 Å². The van der Waals surface area contributed by atoms with Gasteiger partial charge in [-0.25, -0.2) is 4.39 Å². The van der Waals surface area contributed by atoms with Gasteiger partial charge in [-0.1, -0.05) is 6.07 Å². The lowest BCUT2D eigenvalue weighted by Crippen LogP contribution is -2.30. The first-order chi connectivity index (χ1) is 12.0. The number of nitrogens with one attached hydrogen (secondary N) is 1. The van der Waals surface area contributed by atoms with Gasteiger partial charge in [0.2, 0.25) is 0 Å². The molecule has 0 spiro atoms. The number of nitrogens with zero attached hydrogens (tertiary/aromatic N) is 2. The van der Waals surface area contributed by atoms with Gasteiger partial charge in [0.05, 0.1) is 23.9 Å². The molecule has 0 saturated heterocycles. The molecule has 1 unspecified atom stereocenters. The molecule has 130 valence electrons. The smallest absolute Gasteiger partial charge is 0.255 e. The van der Waals surface area contributed by atoms with Crippen molar-refractivity contribution in [2.24, 2.45) is 0 Å². The molecular formula is C19H20FN3O2. The minimum absolute atomic E-state index is 0.193. The molecule has 2 aromatic heterocycles. The summed E-state index contributed by atoms with van der Waals surface area (Å²) in [4.78, 5) is 17.1. The average molecular weight is 341 g/mol. The van der Waals surface area contributed by atoms with Crippen molar-refractivity contribution in [3.63, 3.8) is 0 Å². The Bertz CT molecular complexity index is 923. The highest BCUT2D eigenvalue weighted by molar-refractivity contribution is 5.79. The molecule has 1 aromatic carbocycles. The summed E-state index contributed by atoms with van der Waals surface area (Å²) < 4.78 is 15.2. The van der Waals surface area contributed by atoms with Crippen LogP contribution in [0.5, 0.6) is 0 Å². The predicted octanol–water partition coefficient (Wildman–Crippen LogP) is 2.05. The fourth-order valence-corrected chi connectivity index (χ4v) is 2.76. The van der Waals surface area contributed by atoms with E-state index in [4.69, 9.17) is 0 Å². The molecule has 0 amide bonds. The maximum Gasteiger partial charge on any atom is 0.255 e. The monoisotopic (exact) mass is 341 g/mol. The maximum absolute atomic E-state index is 13.7. The summed E-state index contributed by atoms with van der Waals surface area (Å²) in [5, 5.41) is 13.2. The normalized spacial score (nSPS) is 12.4. The third-order valence-electron chi connectivity index (χ3n) is 3.93. The Labute approximate surface area is 144 Å². The van der Waals surface area contributed by atoms with E-state index >= 15 is 0 Å². The van der Waals surface area contributed by atoms with E-state index in [0.29, 0.717) is 24.2 Å². The summed E-state index contributed by atoms with van der Waals surface area (Å²) >= 11 is 0. The fourth-order valence-electron chi connectivity index (χ4n) is 2.76. The maximum atomic E-state index is 13.7. The van der Waals surface area contributed by atoms with E-state index in [1.807, 2.05) is 12.1 Å². The number of halogens is 1. The van der Waals surface area contributed by atoms with Crippen LogP contribution in [0.1, 0.15) is 18.2 Å². The molecule has 6 heteroatoms. The second-order valence-electron chi connectivity index (χ2n) is 6.07. The zero-order chi connectivity index (χ0) is 17.8. The minimum Gasteiger partial charge on any atom is -0.392 e. The number of pyridine rings is 2. The average Bonchev–Trinajstić information content (AvgIpc) is 2.59. The molecule has 0 saturated carbocycles. The number of rotatable bonds is 6. The van der Waals surface area contributed by atoms with Crippen molar-refractivity contribution in [2.75, 3.05) is 6.54 Å². The van der Waals surface area contributed by atoms with Gasteiger partial charge in [0.25, 0.3) is 5.56 Å². The van der Waals surface area contributed by atoms with Crippen molar-refractivity contribution in [3.8, 4) is 0 Å². The Morgan fingerprint density at radius 2 is 2.12 bits per heavy atom. The number of aliphatic hydroxyl groups excluding tert-OH is 1. The number of hydrogen-bond acceptors (Lipinski definition) is 4. The largest absolute Gasteiger partial charge is 0.392 e. The van der Waals surface area contributed by atoms with Gasteiger partial charge in [0, 0.05) is 24.8 Å². The summed E-state index contributed by atoms with van der Waals surface area (Å²) in [5.41, 5.74) is 1.64. The molecule has 1 atom stereocenters. The molecular weight excluding hydrogens is 321 g/mol. The van der Waals surface area contributed by atoms with Gasteiger partial charge < -0.3 is 15.0 Å². The quantitative estimate of drug-likeness (QED) is 0.720. The van der Waals surface area contributed by atoms with Gasteiger partial charge >= 0.3 is 0 Å². The molecule has 0 aliphatic carbocycles. The second-order valence-corrected chi connectivity index (χ2v) is 6.07. The van der Waals surface area contributed by atoms with Crippen molar-refractivity contribution in [1.82, 2.24) is 14.9 Å². The van der Waals surface area contributed by atoms with Crippen molar-refractivity contribution >= 4 is 10.9 Å². The molecule has 2 N–H and O–H groups in total. The highest BCUT2D eigenvalue weighted by Gasteiger charge is 2.11. The zero-order valence-electron chi connectivity index (χ0n) is 13.9. The predicted molar refractivity (Wildman–Crippen MR) is 94.9 cm³/mol. The lowest BCUT2D eigenvalue weighted by atomic mass is 10.1. The number of aromatic nitrogens is 2. The third-order valence-corrected chi connectivity index (χ3v) is 3.93. The van der Waals surface area contributed by atoms with Crippen molar-refractivity contribution in [1.29, 1.82) is 0 Å². The molecule has 0 bridgehead atoms. The van der Waals surface area contributed by atoms with Crippen LogP contribution in [0, 0.1) is 5.82 Å². The van der Waals surface area contributed by atoms with Crippen LogP contribution >= 0.6 is 0 Å². The lowest BCUT2D eigenvalue weighted by molar-refractivity contribution is 0.191. The first-order valence-electron chi connectivity index (χ1n) is 8.15. The second kappa shape index (κ2) is 7.55. The van der Waals surface area contributed by atoms with Crippen LogP contribution < -0.4 is 10.9 Å². The summed E-state index contributed by atoms with van der Waals surface area (Å²) in [6, 6.07) is 11.7. The fraction of sp³-hybridized carbons (Fsp3) is 0.263.